The third-order valence-electron chi connectivity index (χ3n) is 2.17. The molecule has 0 aromatic heterocycles. The summed E-state index contributed by atoms with van der Waals surface area (Å²) in [5.74, 6) is 0. The molecule has 0 aliphatic carbocycles. The molecule has 0 saturated carbocycles. The first kappa shape index (κ1) is 12.2. The third kappa shape index (κ3) is 4.02. The van der Waals surface area contributed by atoms with Crippen LogP contribution in [0.5, 0.6) is 0 Å². The zero-order chi connectivity index (χ0) is 11.3. The Kier molecular flexibility index (Phi) is 4.30. The molecule has 0 radical (unpaired) electrons. The average molecular weight is 208 g/mol. The van der Waals surface area contributed by atoms with Crippen molar-refractivity contribution in [1.29, 1.82) is 0 Å². The van der Waals surface area contributed by atoms with Gasteiger partial charge in [0.1, 0.15) is 0 Å². The second-order valence-corrected chi connectivity index (χ2v) is 4.73. The molecule has 84 valence electrons. The molecule has 1 unspecified atom stereocenters. The minimum Gasteiger partial charge on any atom is -0.355 e. The Balaban J connectivity index is 2.49. The molecule has 0 bridgehead atoms. The molecule has 0 aliphatic rings. The SMILES string of the molecule is COC(OCc1ccccc1)C(C)(C)C. The molecule has 0 saturated heterocycles. The van der Waals surface area contributed by atoms with Crippen molar-refractivity contribution in [2.75, 3.05) is 7.11 Å². The molecule has 1 aromatic rings. The van der Waals surface area contributed by atoms with Crippen molar-refractivity contribution in [3.05, 3.63) is 35.9 Å². The van der Waals surface area contributed by atoms with Crippen LogP contribution in [0.2, 0.25) is 0 Å². The molecular formula is C13H20O2. The molecule has 1 aromatic carbocycles. The second kappa shape index (κ2) is 5.29. The van der Waals surface area contributed by atoms with E-state index >= 15 is 0 Å². The van der Waals surface area contributed by atoms with Crippen LogP contribution in [0.25, 0.3) is 0 Å². The quantitative estimate of drug-likeness (QED) is 0.707. The Hall–Kier alpha value is -0.860. The van der Waals surface area contributed by atoms with Crippen LogP contribution in [0, 0.1) is 5.41 Å². The van der Waals surface area contributed by atoms with Gasteiger partial charge in [0, 0.05) is 12.5 Å². The Morgan fingerprint density at radius 1 is 1.13 bits per heavy atom. The summed E-state index contributed by atoms with van der Waals surface area (Å²) in [5, 5.41) is 0. The molecule has 1 atom stereocenters. The van der Waals surface area contributed by atoms with Crippen molar-refractivity contribution in [3.8, 4) is 0 Å². The van der Waals surface area contributed by atoms with Crippen molar-refractivity contribution in [3.63, 3.8) is 0 Å². The van der Waals surface area contributed by atoms with Crippen molar-refractivity contribution in [2.24, 2.45) is 5.41 Å². The molecule has 0 N–H and O–H groups in total. The van der Waals surface area contributed by atoms with E-state index < -0.39 is 0 Å². The highest BCUT2D eigenvalue weighted by Gasteiger charge is 2.24. The van der Waals surface area contributed by atoms with E-state index in [0.717, 1.165) is 0 Å². The first-order valence-corrected chi connectivity index (χ1v) is 5.22. The van der Waals surface area contributed by atoms with E-state index in [1.54, 1.807) is 7.11 Å². The van der Waals surface area contributed by atoms with Gasteiger partial charge in [-0.15, -0.1) is 0 Å². The minimum absolute atomic E-state index is 0.00350. The smallest absolute Gasteiger partial charge is 0.162 e. The van der Waals surface area contributed by atoms with Crippen LogP contribution in [0.15, 0.2) is 30.3 Å². The Bertz CT molecular complexity index is 274. The first-order valence-electron chi connectivity index (χ1n) is 5.22. The molecule has 0 fully saturated rings. The summed E-state index contributed by atoms with van der Waals surface area (Å²) in [6.07, 6.45) is -0.169. The van der Waals surface area contributed by atoms with Gasteiger partial charge < -0.3 is 9.47 Å². The fourth-order valence-corrected chi connectivity index (χ4v) is 1.42. The lowest BCUT2D eigenvalue weighted by molar-refractivity contribution is -0.185. The average Bonchev–Trinajstić information content (AvgIpc) is 2.18. The van der Waals surface area contributed by atoms with E-state index in [1.165, 1.54) is 5.56 Å². The molecule has 15 heavy (non-hydrogen) atoms. The van der Waals surface area contributed by atoms with Crippen LogP contribution < -0.4 is 0 Å². The highest BCUT2D eigenvalue weighted by atomic mass is 16.7. The van der Waals surface area contributed by atoms with Crippen LogP contribution in [-0.4, -0.2) is 13.4 Å². The fourth-order valence-electron chi connectivity index (χ4n) is 1.42. The lowest BCUT2D eigenvalue weighted by Gasteiger charge is -2.29. The zero-order valence-electron chi connectivity index (χ0n) is 9.99. The van der Waals surface area contributed by atoms with Crippen LogP contribution in [-0.2, 0) is 16.1 Å². The normalized spacial score (nSPS) is 13.9. The van der Waals surface area contributed by atoms with Gasteiger partial charge in [-0.25, -0.2) is 0 Å². The highest BCUT2D eigenvalue weighted by Crippen LogP contribution is 2.23. The second-order valence-electron chi connectivity index (χ2n) is 4.73. The van der Waals surface area contributed by atoms with Gasteiger partial charge in [0.05, 0.1) is 6.61 Å². The maximum Gasteiger partial charge on any atom is 0.162 e. The summed E-state index contributed by atoms with van der Waals surface area (Å²) in [7, 11) is 1.68. The van der Waals surface area contributed by atoms with Gasteiger partial charge in [-0.2, -0.15) is 0 Å². The molecule has 0 amide bonds. The van der Waals surface area contributed by atoms with Crippen LogP contribution in [0.4, 0.5) is 0 Å². The van der Waals surface area contributed by atoms with Crippen LogP contribution in [0.3, 0.4) is 0 Å². The molecule has 2 heteroatoms. The number of rotatable bonds is 4. The van der Waals surface area contributed by atoms with Crippen LogP contribution >= 0.6 is 0 Å². The predicted octanol–water partition coefficient (Wildman–Crippen LogP) is 3.22. The highest BCUT2D eigenvalue weighted by molar-refractivity contribution is 5.13. The molecule has 2 nitrogen and oxygen atoms in total. The third-order valence-corrected chi connectivity index (χ3v) is 2.17. The van der Waals surface area contributed by atoms with Crippen molar-refractivity contribution < 1.29 is 9.47 Å². The van der Waals surface area contributed by atoms with E-state index in [1.807, 2.05) is 18.2 Å². The Labute approximate surface area is 92.2 Å². The largest absolute Gasteiger partial charge is 0.355 e. The topological polar surface area (TPSA) is 18.5 Å². The summed E-state index contributed by atoms with van der Waals surface area (Å²) in [5.41, 5.74) is 1.17. The summed E-state index contributed by atoms with van der Waals surface area (Å²) in [4.78, 5) is 0. The van der Waals surface area contributed by atoms with Gasteiger partial charge in [0.25, 0.3) is 0 Å². The van der Waals surface area contributed by atoms with Gasteiger partial charge in [-0.3, -0.25) is 0 Å². The molecule has 0 aliphatic heterocycles. The fraction of sp³-hybridized carbons (Fsp3) is 0.538. The Morgan fingerprint density at radius 3 is 2.20 bits per heavy atom. The maximum absolute atomic E-state index is 5.72. The van der Waals surface area contributed by atoms with E-state index in [0.29, 0.717) is 6.61 Å². The van der Waals surface area contributed by atoms with Crippen molar-refractivity contribution >= 4 is 0 Å². The Morgan fingerprint density at radius 2 is 1.73 bits per heavy atom. The summed E-state index contributed by atoms with van der Waals surface area (Å²) in [6.45, 7) is 6.90. The lowest BCUT2D eigenvalue weighted by atomic mass is 9.96. The number of benzene rings is 1. The van der Waals surface area contributed by atoms with Gasteiger partial charge in [-0.05, 0) is 5.56 Å². The number of hydrogen-bond acceptors (Lipinski definition) is 2. The maximum atomic E-state index is 5.72. The number of ether oxygens (including phenoxy) is 2. The van der Waals surface area contributed by atoms with E-state index in [2.05, 4.69) is 32.9 Å². The van der Waals surface area contributed by atoms with Gasteiger partial charge in [-0.1, -0.05) is 51.1 Å². The summed E-state index contributed by atoms with van der Waals surface area (Å²) < 4.78 is 11.0. The first-order chi connectivity index (χ1) is 7.04. The molecule has 0 spiro atoms. The van der Waals surface area contributed by atoms with E-state index in [9.17, 15) is 0 Å². The van der Waals surface area contributed by atoms with E-state index in [-0.39, 0.29) is 11.7 Å². The molecule has 0 heterocycles. The van der Waals surface area contributed by atoms with E-state index in [4.69, 9.17) is 9.47 Å². The van der Waals surface area contributed by atoms with Crippen LogP contribution in [0.1, 0.15) is 26.3 Å². The molecular weight excluding hydrogens is 188 g/mol. The van der Waals surface area contributed by atoms with Crippen molar-refractivity contribution in [2.45, 2.75) is 33.7 Å². The molecule has 1 rings (SSSR count). The predicted molar refractivity (Wildman–Crippen MR) is 61.5 cm³/mol. The monoisotopic (exact) mass is 208 g/mol. The number of hydrogen-bond donors (Lipinski definition) is 0. The van der Waals surface area contributed by atoms with Crippen molar-refractivity contribution in [1.82, 2.24) is 0 Å². The number of methoxy groups -OCH3 is 1. The lowest BCUT2D eigenvalue weighted by Crippen LogP contribution is -2.30. The van der Waals surface area contributed by atoms with Gasteiger partial charge in [0.15, 0.2) is 6.29 Å². The summed E-state index contributed by atoms with van der Waals surface area (Å²) in [6, 6.07) is 10.1. The zero-order valence-corrected chi connectivity index (χ0v) is 9.99. The van der Waals surface area contributed by atoms with Gasteiger partial charge >= 0.3 is 0 Å². The van der Waals surface area contributed by atoms with Gasteiger partial charge in [0.2, 0.25) is 0 Å². The minimum atomic E-state index is -0.169. The summed E-state index contributed by atoms with van der Waals surface area (Å²) >= 11 is 0. The standard InChI is InChI=1S/C13H20O2/c1-13(2,3)12(14-4)15-10-11-8-6-5-7-9-11/h5-9,12H,10H2,1-4H3.